The summed E-state index contributed by atoms with van der Waals surface area (Å²) in [5.41, 5.74) is 3.31. The van der Waals surface area contributed by atoms with Gasteiger partial charge in [-0.2, -0.15) is 0 Å². The molecule has 27 heteroatoms. The summed E-state index contributed by atoms with van der Waals surface area (Å²) in [6.45, 7) is 3.68. The average Bonchev–Trinajstić information content (AvgIpc) is 3.39. The molecule has 5 heterocycles. The van der Waals surface area contributed by atoms with Gasteiger partial charge in [0.15, 0.2) is 17.5 Å². The zero-order valence-corrected chi connectivity index (χ0v) is 43.8. The SMILES string of the molecule is CN[C@H](CC(C)C)C(=O)N[C@H]1C(=O)N[C@@H](CC(N)=O)C(=O)N[C@H]2C(=O)N[C@H]3C(=O)N[C@H](C(=O)NC(C(=O)O)c4cc(O)cc(O)c4-c4cc3ccc4O)[C@H](O)c3ccc(c(Cl)c3)Oc3cc2cc(c3O)Oc2ccc(cc2Cl)[C@H]1O. The summed E-state index contributed by atoms with van der Waals surface area (Å²) in [6, 6.07) is 0.577. The van der Waals surface area contributed by atoms with Gasteiger partial charge in [0.05, 0.1) is 22.5 Å². The highest BCUT2D eigenvalue weighted by Crippen LogP contribution is 2.47. The molecule has 0 fully saturated rings. The van der Waals surface area contributed by atoms with E-state index in [9.17, 15) is 69.3 Å². The number of ether oxygens (including phenoxy) is 2. The first-order valence-corrected chi connectivity index (χ1v) is 25.2. The number of fused-ring (bicyclic) bond motifs is 15. The van der Waals surface area contributed by atoms with Crippen molar-refractivity contribution in [1.82, 2.24) is 37.2 Å². The molecule has 11 bridgehead atoms. The first-order chi connectivity index (χ1) is 37.8. The van der Waals surface area contributed by atoms with E-state index in [-0.39, 0.29) is 56.1 Å². The van der Waals surface area contributed by atoms with Gasteiger partial charge in [-0.15, -0.1) is 0 Å². The van der Waals surface area contributed by atoms with Crippen molar-refractivity contribution in [3.8, 4) is 57.1 Å². The Morgan fingerprint density at radius 3 is 1.80 bits per heavy atom. The van der Waals surface area contributed by atoms with Crippen molar-refractivity contribution >= 4 is 70.5 Å². The summed E-state index contributed by atoms with van der Waals surface area (Å²) in [6.07, 6.45) is -4.77. The standard InChI is InChI=1S/C53H52Cl2N8O17/c1-19(2)10-29(57-3)47(71)62-42-44(68)21-5-8-33(27(54)12-21)79-35-14-23-15-36(46(35)70)80-34-9-6-22(13-28(34)55)45(69)43-52(76)61-41(53(77)78)26-16-24(64)17-32(66)38(26)25-11-20(4-7-31(25)65)39(49(73)63-43)60-50(74)40(23)59-48(72)30(18-37(56)67)58-51(42)75/h4-9,11-17,19,29-30,39-45,57,64-66,68-70H,10,18H2,1-3H3,(H2,56,67)(H,58,75)(H,59,72)(H,60,74)(H,61,76)(H,62,71)(H,63,73)(H,77,78)/t29-,30+,39-,40-,41?,42-,43+,44-,45-/m1/s1. The highest BCUT2D eigenvalue weighted by molar-refractivity contribution is 6.32. The van der Waals surface area contributed by atoms with E-state index in [1.54, 1.807) is 0 Å². The Labute approximate surface area is 463 Å². The van der Waals surface area contributed by atoms with Gasteiger partial charge < -0.3 is 88.2 Å². The number of carbonyl (C=O) groups is 8. The fraction of sp³-hybridized carbons (Fsp3) is 0.283. The van der Waals surface area contributed by atoms with E-state index in [4.69, 9.17) is 38.4 Å². The number of phenolic OH excluding ortho intramolecular Hbond substituents is 4. The summed E-state index contributed by atoms with van der Waals surface area (Å²) >= 11 is 13.5. The lowest BCUT2D eigenvalue weighted by atomic mass is 9.89. The highest BCUT2D eigenvalue weighted by atomic mass is 35.5. The van der Waals surface area contributed by atoms with E-state index in [0.29, 0.717) is 0 Å². The Morgan fingerprint density at radius 2 is 1.23 bits per heavy atom. The van der Waals surface area contributed by atoms with E-state index in [0.717, 1.165) is 48.5 Å². The predicted octanol–water partition coefficient (Wildman–Crippen LogP) is 2.40. The second-order valence-corrected chi connectivity index (χ2v) is 20.2. The number of carboxylic acids is 1. The molecule has 0 aliphatic carbocycles. The molecule has 420 valence electrons. The zero-order chi connectivity index (χ0) is 58.2. The van der Waals surface area contributed by atoms with Crippen LogP contribution in [0.2, 0.25) is 10.0 Å². The third-order valence-electron chi connectivity index (χ3n) is 13.3. The number of carboxylic acid groups (broad SMARTS) is 1. The number of hydrogen-bond acceptors (Lipinski definition) is 17. The lowest BCUT2D eigenvalue weighted by Gasteiger charge is -2.31. The molecule has 25 nitrogen and oxygen atoms in total. The molecule has 10 rings (SSSR count). The first-order valence-electron chi connectivity index (χ1n) is 24.4. The van der Waals surface area contributed by atoms with Crippen molar-refractivity contribution in [1.29, 1.82) is 0 Å². The number of aliphatic hydroxyl groups excluding tert-OH is 2. The number of hydrogen-bond donors (Lipinski definition) is 15. The summed E-state index contributed by atoms with van der Waals surface area (Å²) in [4.78, 5) is 114. The average molecular weight is 1140 g/mol. The summed E-state index contributed by atoms with van der Waals surface area (Å²) in [5, 5.41) is 96.1. The smallest absolute Gasteiger partial charge is 0.330 e. The van der Waals surface area contributed by atoms with Gasteiger partial charge in [0.2, 0.25) is 47.1 Å². The van der Waals surface area contributed by atoms with Gasteiger partial charge in [-0.05, 0) is 96.2 Å². The molecule has 5 aliphatic rings. The molecule has 16 N–H and O–H groups in total. The molecule has 1 unspecified atom stereocenters. The van der Waals surface area contributed by atoms with Gasteiger partial charge in [0, 0.05) is 22.8 Å². The van der Waals surface area contributed by atoms with Crippen LogP contribution in [0, 0.1) is 5.92 Å². The zero-order valence-electron chi connectivity index (χ0n) is 42.2. The van der Waals surface area contributed by atoms with Crippen LogP contribution in [-0.4, -0.2) is 114 Å². The van der Waals surface area contributed by atoms with Gasteiger partial charge in [0.25, 0.3) is 0 Å². The highest BCUT2D eigenvalue weighted by Gasteiger charge is 2.41. The minimum atomic E-state index is -2.19. The Hall–Kier alpha value is -8.88. The molecule has 0 saturated carbocycles. The first kappa shape index (κ1) is 57.3. The molecule has 5 aliphatic heterocycles. The lowest BCUT2D eigenvalue weighted by Crippen LogP contribution is -2.59. The maximum Gasteiger partial charge on any atom is 0.330 e. The van der Waals surface area contributed by atoms with E-state index < -0.39 is 159 Å². The Balaban J connectivity index is 1.36. The molecule has 9 atom stereocenters. The van der Waals surface area contributed by atoms with Gasteiger partial charge in [-0.1, -0.05) is 55.2 Å². The van der Waals surface area contributed by atoms with Gasteiger partial charge in [-0.3, -0.25) is 33.6 Å². The number of benzene rings is 5. The molecular weight excluding hydrogens is 1090 g/mol. The maximum absolute atomic E-state index is 15.4. The monoisotopic (exact) mass is 1140 g/mol. The summed E-state index contributed by atoms with van der Waals surface area (Å²) in [7, 11) is 1.50. The van der Waals surface area contributed by atoms with Crippen LogP contribution in [0.1, 0.15) is 84.8 Å². The molecule has 0 radical (unpaired) electrons. The number of halogens is 2. The second kappa shape index (κ2) is 23.2. The summed E-state index contributed by atoms with van der Waals surface area (Å²) in [5.74, 6) is -15.0. The van der Waals surface area contributed by atoms with Crippen LogP contribution in [0.15, 0.2) is 78.9 Å². The van der Waals surface area contributed by atoms with Crippen molar-refractivity contribution < 1.29 is 83.6 Å². The normalized spacial score (nSPS) is 22.4. The van der Waals surface area contributed by atoms with E-state index in [2.05, 4.69) is 37.2 Å². The van der Waals surface area contributed by atoms with Crippen LogP contribution in [-0.2, 0) is 38.4 Å². The van der Waals surface area contributed by atoms with Crippen molar-refractivity contribution in [2.24, 2.45) is 11.7 Å². The molecule has 80 heavy (non-hydrogen) atoms. The number of nitrogens with one attached hydrogen (secondary N) is 7. The van der Waals surface area contributed by atoms with E-state index in [1.165, 1.54) is 37.4 Å². The molecule has 0 aromatic heterocycles. The number of nitrogens with two attached hydrogens (primary N) is 1. The second-order valence-electron chi connectivity index (χ2n) is 19.4. The minimum absolute atomic E-state index is 0.0350. The molecule has 7 amide bonds. The van der Waals surface area contributed by atoms with Gasteiger partial charge in [-0.25, -0.2) is 4.79 Å². The van der Waals surface area contributed by atoms with Gasteiger partial charge >= 0.3 is 5.97 Å². The molecular formula is C53H52Cl2N8O17. The molecule has 0 saturated heterocycles. The number of phenols is 4. The number of aliphatic carboxylic acids is 1. The van der Waals surface area contributed by atoms with Crippen molar-refractivity contribution in [3.05, 3.63) is 117 Å². The number of primary amides is 1. The number of carbonyl (C=O) groups excluding carboxylic acids is 7. The molecule has 5 aromatic carbocycles. The number of aliphatic hydroxyl groups is 2. The van der Waals surface area contributed by atoms with Crippen LogP contribution in [0.3, 0.4) is 0 Å². The van der Waals surface area contributed by atoms with Crippen LogP contribution in [0.4, 0.5) is 0 Å². The Kier molecular flexibility index (Phi) is 16.6. The molecule has 0 spiro atoms. The number of rotatable bonds is 8. The van der Waals surface area contributed by atoms with E-state index >= 15 is 4.79 Å². The minimum Gasteiger partial charge on any atom is -0.508 e. The Morgan fingerprint density at radius 1 is 0.650 bits per heavy atom. The number of amides is 7. The number of aromatic hydroxyl groups is 4. The quantitative estimate of drug-likeness (QED) is 0.106. The Bertz CT molecular complexity index is 3380. The third kappa shape index (κ3) is 11.9. The molecule has 5 aromatic rings. The van der Waals surface area contributed by atoms with Crippen LogP contribution < -0.4 is 52.4 Å². The van der Waals surface area contributed by atoms with Gasteiger partial charge in [0.1, 0.15) is 71.2 Å². The van der Waals surface area contributed by atoms with Crippen molar-refractivity contribution in [2.75, 3.05) is 7.05 Å². The van der Waals surface area contributed by atoms with E-state index in [1.807, 2.05) is 13.8 Å². The topological polar surface area (TPSA) is 407 Å². The summed E-state index contributed by atoms with van der Waals surface area (Å²) < 4.78 is 12.2. The fourth-order valence-corrected chi connectivity index (χ4v) is 9.80. The maximum atomic E-state index is 15.4. The number of likely N-dealkylation sites (N-methyl/N-ethyl adjacent to an activating group) is 1. The van der Waals surface area contributed by atoms with Crippen molar-refractivity contribution in [3.63, 3.8) is 0 Å². The predicted molar refractivity (Wildman–Crippen MR) is 280 cm³/mol. The van der Waals surface area contributed by atoms with Crippen LogP contribution in [0.25, 0.3) is 11.1 Å². The van der Waals surface area contributed by atoms with Crippen molar-refractivity contribution in [2.45, 2.75) is 81.2 Å². The third-order valence-corrected chi connectivity index (χ3v) is 13.9. The van der Waals surface area contributed by atoms with Crippen LogP contribution >= 0.6 is 23.2 Å². The lowest BCUT2D eigenvalue weighted by molar-refractivity contribution is -0.143. The fourth-order valence-electron chi connectivity index (χ4n) is 9.34. The largest absolute Gasteiger partial charge is 0.508 e. The van der Waals surface area contributed by atoms with Crippen LogP contribution in [0.5, 0.6) is 46.0 Å².